The number of Topliss-reactive ketones (excluding diaryl/α,β-unsaturated/α-hetero) is 1. The van der Waals surface area contributed by atoms with Crippen LogP contribution in [0.15, 0.2) is 47.4 Å². The van der Waals surface area contributed by atoms with Crippen LogP contribution < -0.4 is 5.14 Å². The second kappa shape index (κ2) is 7.45. The van der Waals surface area contributed by atoms with Gasteiger partial charge < -0.3 is 4.74 Å². The first-order chi connectivity index (χ1) is 12.4. The van der Waals surface area contributed by atoms with Crippen molar-refractivity contribution in [1.82, 2.24) is 0 Å². The number of carbonyl (C=O) groups excluding carboxylic acids is 2. The van der Waals surface area contributed by atoms with Gasteiger partial charge >= 0.3 is 12.1 Å². The van der Waals surface area contributed by atoms with Gasteiger partial charge in [0, 0.05) is 5.56 Å². The van der Waals surface area contributed by atoms with Gasteiger partial charge in [-0.05, 0) is 30.3 Å². The summed E-state index contributed by atoms with van der Waals surface area (Å²) in [7, 11) is -4.22. The van der Waals surface area contributed by atoms with Crippen molar-refractivity contribution >= 4 is 21.8 Å². The van der Waals surface area contributed by atoms with Crippen LogP contribution >= 0.6 is 0 Å². The SMILES string of the molecule is NS(=O)(=O)c1ccc(F)c(C(=O)OCC(=O)c2cccc(C(F)(F)F)c2)c1. The molecule has 2 aromatic rings. The molecule has 0 amide bonds. The van der Waals surface area contributed by atoms with Crippen LogP contribution in [0.5, 0.6) is 0 Å². The third kappa shape index (κ3) is 5.11. The van der Waals surface area contributed by atoms with E-state index in [1.807, 2.05) is 0 Å². The lowest BCUT2D eigenvalue weighted by atomic mass is 10.1. The molecule has 2 rings (SSSR count). The zero-order chi connectivity index (χ0) is 20.4. The summed E-state index contributed by atoms with van der Waals surface area (Å²) in [5.74, 6) is -3.46. The second-order valence-corrected chi connectivity index (χ2v) is 6.83. The first-order valence-corrected chi connectivity index (χ1v) is 8.64. The Morgan fingerprint density at radius 3 is 2.33 bits per heavy atom. The fourth-order valence-corrected chi connectivity index (χ4v) is 2.54. The quantitative estimate of drug-likeness (QED) is 0.468. The molecule has 0 fully saturated rings. The standard InChI is InChI=1S/C16H11F4NO5S/c17-13-5-4-11(27(21,24)25)7-12(13)15(23)26-8-14(22)9-2-1-3-10(6-9)16(18,19)20/h1-7H,8H2,(H2,21,24,25). The molecule has 27 heavy (non-hydrogen) atoms. The Morgan fingerprint density at radius 2 is 1.74 bits per heavy atom. The first kappa shape index (κ1) is 20.5. The van der Waals surface area contributed by atoms with Gasteiger partial charge in [0.1, 0.15) is 5.82 Å². The molecule has 0 saturated heterocycles. The lowest BCUT2D eigenvalue weighted by Crippen LogP contribution is -2.18. The van der Waals surface area contributed by atoms with Gasteiger partial charge in [0.25, 0.3) is 0 Å². The van der Waals surface area contributed by atoms with Crippen LogP contribution in [0, 0.1) is 5.82 Å². The summed E-state index contributed by atoms with van der Waals surface area (Å²) in [5, 5.41) is 4.87. The second-order valence-electron chi connectivity index (χ2n) is 5.26. The number of nitrogens with two attached hydrogens (primary N) is 1. The first-order valence-electron chi connectivity index (χ1n) is 7.09. The Bertz CT molecular complexity index is 1000. The average molecular weight is 405 g/mol. The summed E-state index contributed by atoms with van der Waals surface area (Å²) >= 11 is 0. The van der Waals surface area contributed by atoms with E-state index in [9.17, 15) is 35.6 Å². The Hall–Kier alpha value is -2.79. The number of rotatable bonds is 5. The summed E-state index contributed by atoms with van der Waals surface area (Å²) in [6.07, 6.45) is -4.66. The highest BCUT2D eigenvalue weighted by atomic mass is 32.2. The van der Waals surface area contributed by atoms with Crippen molar-refractivity contribution in [1.29, 1.82) is 0 Å². The van der Waals surface area contributed by atoms with Gasteiger partial charge in [-0.25, -0.2) is 22.7 Å². The van der Waals surface area contributed by atoms with Crippen molar-refractivity contribution in [3.8, 4) is 0 Å². The lowest BCUT2D eigenvalue weighted by molar-refractivity contribution is -0.137. The summed E-state index contributed by atoms with van der Waals surface area (Å²) in [6, 6.07) is 5.57. The highest BCUT2D eigenvalue weighted by molar-refractivity contribution is 7.89. The number of hydrogen-bond acceptors (Lipinski definition) is 5. The van der Waals surface area contributed by atoms with E-state index in [4.69, 9.17) is 5.14 Å². The predicted octanol–water partition coefficient (Wildman–Crippen LogP) is 2.53. The fourth-order valence-electron chi connectivity index (χ4n) is 2.00. The molecule has 0 bridgehead atoms. The van der Waals surface area contributed by atoms with Crippen molar-refractivity contribution in [2.75, 3.05) is 6.61 Å². The lowest BCUT2D eigenvalue weighted by Gasteiger charge is -2.09. The number of benzene rings is 2. The van der Waals surface area contributed by atoms with Crippen molar-refractivity contribution in [2.24, 2.45) is 5.14 Å². The van der Waals surface area contributed by atoms with Crippen LogP contribution in [-0.2, 0) is 20.9 Å². The predicted molar refractivity (Wildman–Crippen MR) is 83.8 cm³/mol. The fraction of sp³-hybridized carbons (Fsp3) is 0.125. The molecule has 0 heterocycles. The normalized spacial score (nSPS) is 11.9. The highest BCUT2D eigenvalue weighted by Crippen LogP contribution is 2.29. The third-order valence-corrected chi connectivity index (χ3v) is 4.24. The van der Waals surface area contributed by atoms with Crippen molar-refractivity contribution < 1.29 is 40.3 Å². The van der Waals surface area contributed by atoms with Gasteiger partial charge in [-0.1, -0.05) is 12.1 Å². The molecule has 11 heteroatoms. The van der Waals surface area contributed by atoms with Crippen LogP contribution in [-0.4, -0.2) is 26.8 Å². The maximum atomic E-state index is 13.7. The van der Waals surface area contributed by atoms with Crippen molar-refractivity contribution in [2.45, 2.75) is 11.1 Å². The van der Waals surface area contributed by atoms with Crippen LogP contribution in [0.2, 0.25) is 0 Å². The highest BCUT2D eigenvalue weighted by Gasteiger charge is 2.31. The van der Waals surface area contributed by atoms with E-state index in [2.05, 4.69) is 4.74 Å². The number of halogens is 4. The number of hydrogen-bond donors (Lipinski definition) is 1. The summed E-state index contributed by atoms with van der Waals surface area (Å²) in [4.78, 5) is 23.2. The largest absolute Gasteiger partial charge is 0.454 e. The maximum absolute atomic E-state index is 13.7. The zero-order valence-electron chi connectivity index (χ0n) is 13.3. The number of carbonyl (C=O) groups is 2. The van der Waals surface area contributed by atoms with Gasteiger partial charge in [0.15, 0.2) is 12.4 Å². The summed E-state index contributed by atoms with van der Waals surface area (Å²) in [5.41, 5.74) is -2.22. The molecule has 0 aliphatic heterocycles. The molecule has 0 spiro atoms. The van der Waals surface area contributed by atoms with Gasteiger partial charge in [0.05, 0.1) is 16.0 Å². The Labute approximate surface area is 150 Å². The molecule has 144 valence electrons. The molecule has 0 saturated carbocycles. The Kier molecular flexibility index (Phi) is 5.66. The molecule has 0 atom stereocenters. The minimum absolute atomic E-state index is 0.364. The topological polar surface area (TPSA) is 104 Å². The average Bonchev–Trinajstić information content (AvgIpc) is 2.58. The molecular formula is C16H11F4NO5S. The number of ketones is 1. The molecule has 0 aliphatic rings. The van der Waals surface area contributed by atoms with E-state index in [0.717, 1.165) is 24.3 Å². The number of esters is 1. The molecule has 0 unspecified atom stereocenters. The molecule has 0 radical (unpaired) electrons. The van der Waals surface area contributed by atoms with Crippen molar-refractivity contribution in [3.63, 3.8) is 0 Å². The minimum Gasteiger partial charge on any atom is -0.454 e. The van der Waals surface area contributed by atoms with Gasteiger partial charge in [0.2, 0.25) is 10.0 Å². The molecular weight excluding hydrogens is 394 g/mol. The van der Waals surface area contributed by atoms with Crippen LogP contribution in [0.3, 0.4) is 0 Å². The Morgan fingerprint density at radius 1 is 1.07 bits per heavy atom. The van der Waals surface area contributed by atoms with Crippen LogP contribution in [0.1, 0.15) is 26.3 Å². The number of sulfonamides is 1. The van der Waals surface area contributed by atoms with E-state index >= 15 is 0 Å². The van der Waals surface area contributed by atoms with E-state index in [0.29, 0.717) is 18.2 Å². The monoisotopic (exact) mass is 405 g/mol. The smallest absolute Gasteiger partial charge is 0.416 e. The summed E-state index contributed by atoms with van der Waals surface area (Å²) < 4.78 is 78.7. The maximum Gasteiger partial charge on any atom is 0.416 e. The van der Waals surface area contributed by atoms with Gasteiger partial charge in [-0.3, -0.25) is 4.79 Å². The van der Waals surface area contributed by atoms with E-state index in [1.54, 1.807) is 0 Å². The summed E-state index contributed by atoms with van der Waals surface area (Å²) in [6.45, 7) is -0.973. The number of primary sulfonamides is 1. The number of ether oxygens (including phenoxy) is 1. The molecule has 6 nitrogen and oxygen atoms in total. The Balaban J connectivity index is 2.15. The van der Waals surface area contributed by atoms with Crippen LogP contribution in [0.4, 0.5) is 17.6 Å². The van der Waals surface area contributed by atoms with Crippen molar-refractivity contribution in [3.05, 3.63) is 65.0 Å². The molecule has 0 aliphatic carbocycles. The van der Waals surface area contributed by atoms with Crippen LogP contribution in [0.25, 0.3) is 0 Å². The number of alkyl halides is 3. The van der Waals surface area contributed by atoms with E-state index < -0.39 is 56.4 Å². The van der Waals surface area contributed by atoms with E-state index in [-0.39, 0.29) is 5.56 Å². The molecule has 2 aromatic carbocycles. The third-order valence-electron chi connectivity index (χ3n) is 3.33. The van der Waals surface area contributed by atoms with Gasteiger partial charge in [-0.15, -0.1) is 0 Å². The van der Waals surface area contributed by atoms with Gasteiger partial charge in [-0.2, -0.15) is 13.2 Å². The molecule has 0 aromatic heterocycles. The zero-order valence-corrected chi connectivity index (χ0v) is 14.1. The minimum atomic E-state index is -4.66. The molecule has 2 N–H and O–H groups in total. The van der Waals surface area contributed by atoms with E-state index in [1.165, 1.54) is 0 Å².